The SMILES string of the molecule is Cc1cccc(NC(=O)c2cc(N(C)CCc3ccncc3)ccn2)c1C. The number of aryl methyl sites for hydroxylation is 1. The van der Waals surface area contributed by atoms with E-state index >= 15 is 0 Å². The number of nitrogens with one attached hydrogen (secondary N) is 1. The molecule has 138 valence electrons. The molecule has 0 aliphatic rings. The van der Waals surface area contributed by atoms with Crippen molar-refractivity contribution in [3.63, 3.8) is 0 Å². The van der Waals surface area contributed by atoms with Crippen LogP contribution in [0.4, 0.5) is 11.4 Å². The van der Waals surface area contributed by atoms with E-state index in [0.717, 1.165) is 35.5 Å². The highest BCUT2D eigenvalue weighted by Gasteiger charge is 2.12. The molecule has 0 aliphatic carbocycles. The van der Waals surface area contributed by atoms with E-state index < -0.39 is 0 Å². The number of amides is 1. The lowest BCUT2D eigenvalue weighted by molar-refractivity contribution is 0.102. The van der Waals surface area contributed by atoms with Gasteiger partial charge in [0, 0.05) is 43.6 Å². The van der Waals surface area contributed by atoms with Crippen LogP contribution in [0, 0.1) is 13.8 Å². The number of hydrogen-bond donors (Lipinski definition) is 1. The van der Waals surface area contributed by atoms with Gasteiger partial charge in [-0.3, -0.25) is 14.8 Å². The molecule has 1 amide bonds. The monoisotopic (exact) mass is 360 g/mol. The number of hydrogen-bond acceptors (Lipinski definition) is 4. The van der Waals surface area contributed by atoms with Crippen LogP contribution in [0.1, 0.15) is 27.2 Å². The van der Waals surface area contributed by atoms with Gasteiger partial charge in [-0.15, -0.1) is 0 Å². The Balaban J connectivity index is 1.69. The summed E-state index contributed by atoms with van der Waals surface area (Å²) in [7, 11) is 2.02. The van der Waals surface area contributed by atoms with Crippen LogP contribution in [0.25, 0.3) is 0 Å². The summed E-state index contributed by atoms with van der Waals surface area (Å²) >= 11 is 0. The van der Waals surface area contributed by atoms with Crippen molar-refractivity contribution in [2.45, 2.75) is 20.3 Å². The number of aromatic nitrogens is 2. The maximum Gasteiger partial charge on any atom is 0.274 e. The zero-order valence-corrected chi connectivity index (χ0v) is 15.9. The summed E-state index contributed by atoms with van der Waals surface area (Å²) in [4.78, 5) is 23.0. The van der Waals surface area contributed by atoms with Gasteiger partial charge in [0.15, 0.2) is 0 Å². The normalized spacial score (nSPS) is 10.5. The number of anilines is 2. The van der Waals surface area contributed by atoms with Gasteiger partial charge in [0.1, 0.15) is 5.69 Å². The van der Waals surface area contributed by atoms with Gasteiger partial charge in [-0.1, -0.05) is 12.1 Å². The predicted molar refractivity (Wildman–Crippen MR) is 109 cm³/mol. The number of carbonyl (C=O) groups is 1. The van der Waals surface area contributed by atoms with E-state index in [-0.39, 0.29) is 5.91 Å². The summed E-state index contributed by atoms with van der Waals surface area (Å²) in [6.07, 6.45) is 6.19. The van der Waals surface area contributed by atoms with Crippen molar-refractivity contribution in [1.82, 2.24) is 9.97 Å². The van der Waals surface area contributed by atoms with E-state index in [0.29, 0.717) is 5.69 Å². The fraction of sp³-hybridized carbons (Fsp3) is 0.227. The second-order valence-corrected chi connectivity index (χ2v) is 6.63. The Morgan fingerprint density at radius 2 is 1.85 bits per heavy atom. The number of rotatable bonds is 6. The fourth-order valence-corrected chi connectivity index (χ4v) is 2.83. The van der Waals surface area contributed by atoms with Crippen molar-refractivity contribution in [2.24, 2.45) is 0 Å². The maximum atomic E-state index is 12.6. The molecule has 5 nitrogen and oxygen atoms in total. The Morgan fingerprint density at radius 3 is 2.63 bits per heavy atom. The molecule has 27 heavy (non-hydrogen) atoms. The molecule has 5 heteroatoms. The molecule has 0 fully saturated rings. The van der Waals surface area contributed by atoms with Gasteiger partial charge >= 0.3 is 0 Å². The van der Waals surface area contributed by atoms with E-state index in [2.05, 4.69) is 20.2 Å². The summed E-state index contributed by atoms with van der Waals surface area (Å²) in [6, 6.07) is 13.7. The van der Waals surface area contributed by atoms with Crippen LogP contribution in [0.5, 0.6) is 0 Å². The van der Waals surface area contributed by atoms with Crippen molar-refractivity contribution in [3.8, 4) is 0 Å². The average Bonchev–Trinajstić information content (AvgIpc) is 2.70. The number of nitrogens with zero attached hydrogens (tertiary/aromatic N) is 3. The molecular weight excluding hydrogens is 336 g/mol. The van der Waals surface area contributed by atoms with Crippen molar-refractivity contribution < 1.29 is 4.79 Å². The van der Waals surface area contributed by atoms with Crippen molar-refractivity contribution in [1.29, 1.82) is 0 Å². The van der Waals surface area contributed by atoms with Crippen molar-refractivity contribution in [2.75, 3.05) is 23.8 Å². The molecular formula is C22H24N4O. The first-order chi connectivity index (χ1) is 13.0. The third-order valence-corrected chi connectivity index (χ3v) is 4.76. The Bertz CT molecular complexity index is 925. The zero-order valence-electron chi connectivity index (χ0n) is 15.9. The molecule has 2 heterocycles. The van der Waals surface area contributed by atoms with Crippen LogP contribution in [0.2, 0.25) is 0 Å². The summed E-state index contributed by atoms with van der Waals surface area (Å²) < 4.78 is 0. The van der Waals surface area contributed by atoms with Crippen LogP contribution in [0.15, 0.2) is 61.1 Å². The van der Waals surface area contributed by atoms with E-state index in [1.165, 1.54) is 5.56 Å². The molecule has 2 aromatic heterocycles. The third kappa shape index (κ3) is 4.70. The Hall–Kier alpha value is -3.21. The van der Waals surface area contributed by atoms with Crippen LogP contribution >= 0.6 is 0 Å². The zero-order chi connectivity index (χ0) is 19.2. The molecule has 3 rings (SSSR count). The number of likely N-dealkylation sites (N-methyl/N-ethyl adjacent to an activating group) is 1. The molecule has 0 radical (unpaired) electrons. The first-order valence-corrected chi connectivity index (χ1v) is 8.98. The highest BCUT2D eigenvalue weighted by molar-refractivity contribution is 6.03. The lowest BCUT2D eigenvalue weighted by Crippen LogP contribution is -2.21. The summed E-state index contributed by atoms with van der Waals surface area (Å²) in [5, 5.41) is 2.96. The lowest BCUT2D eigenvalue weighted by Gasteiger charge is -2.19. The maximum absolute atomic E-state index is 12.6. The second kappa shape index (κ2) is 8.45. The molecule has 0 unspecified atom stereocenters. The summed E-state index contributed by atoms with van der Waals surface area (Å²) in [6.45, 7) is 4.87. The topological polar surface area (TPSA) is 58.1 Å². The minimum absolute atomic E-state index is 0.201. The lowest BCUT2D eigenvalue weighted by atomic mass is 10.1. The Labute approximate surface area is 160 Å². The predicted octanol–water partition coefficient (Wildman–Crippen LogP) is 4.02. The summed E-state index contributed by atoms with van der Waals surface area (Å²) in [5.74, 6) is -0.201. The van der Waals surface area contributed by atoms with E-state index in [1.54, 1.807) is 18.6 Å². The first-order valence-electron chi connectivity index (χ1n) is 8.98. The standard InChI is InChI=1S/C22H24N4O/c1-16-5-4-6-20(17(16)2)25-22(27)21-15-19(9-13-24-21)26(3)14-10-18-7-11-23-12-8-18/h4-9,11-13,15H,10,14H2,1-3H3,(H,25,27). The van der Waals surface area contributed by atoms with Crippen LogP contribution < -0.4 is 10.2 Å². The molecule has 1 aromatic carbocycles. The van der Waals surface area contributed by atoms with Gasteiger partial charge in [-0.25, -0.2) is 0 Å². The largest absolute Gasteiger partial charge is 0.374 e. The molecule has 0 aliphatic heterocycles. The van der Waals surface area contributed by atoms with Gasteiger partial charge in [0.2, 0.25) is 0 Å². The van der Waals surface area contributed by atoms with Crippen LogP contribution in [0.3, 0.4) is 0 Å². The highest BCUT2D eigenvalue weighted by Crippen LogP contribution is 2.20. The van der Waals surface area contributed by atoms with Gasteiger partial charge in [-0.2, -0.15) is 0 Å². The van der Waals surface area contributed by atoms with Crippen LogP contribution in [-0.4, -0.2) is 29.5 Å². The number of carbonyl (C=O) groups excluding carboxylic acids is 1. The highest BCUT2D eigenvalue weighted by atomic mass is 16.1. The molecule has 0 bridgehead atoms. The van der Waals surface area contributed by atoms with Gasteiger partial charge in [-0.05, 0) is 67.3 Å². The summed E-state index contributed by atoms with van der Waals surface area (Å²) in [5.41, 5.74) is 5.63. The van der Waals surface area contributed by atoms with Gasteiger partial charge < -0.3 is 10.2 Å². The molecule has 0 saturated carbocycles. The molecule has 0 spiro atoms. The third-order valence-electron chi connectivity index (χ3n) is 4.76. The number of pyridine rings is 2. The molecule has 0 saturated heterocycles. The van der Waals surface area contributed by atoms with E-state index in [1.807, 2.05) is 63.4 Å². The van der Waals surface area contributed by atoms with Crippen LogP contribution in [-0.2, 0) is 6.42 Å². The Morgan fingerprint density at radius 1 is 1.07 bits per heavy atom. The van der Waals surface area contributed by atoms with E-state index in [4.69, 9.17) is 0 Å². The molecule has 3 aromatic rings. The van der Waals surface area contributed by atoms with E-state index in [9.17, 15) is 4.79 Å². The van der Waals surface area contributed by atoms with Gasteiger partial charge in [0.05, 0.1) is 0 Å². The number of benzene rings is 1. The quantitative estimate of drug-likeness (QED) is 0.721. The van der Waals surface area contributed by atoms with Gasteiger partial charge in [0.25, 0.3) is 5.91 Å². The first kappa shape index (κ1) is 18.6. The smallest absolute Gasteiger partial charge is 0.274 e. The average molecular weight is 360 g/mol. The second-order valence-electron chi connectivity index (χ2n) is 6.63. The van der Waals surface area contributed by atoms with Crippen molar-refractivity contribution in [3.05, 3.63) is 83.4 Å². The minimum atomic E-state index is -0.201. The molecule has 0 atom stereocenters. The molecule has 1 N–H and O–H groups in total. The fourth-order valence-electron chi connectivity index (χ4n) is 2.83. The van der Waals surface area contributed by atoms with Crippen molar-refractivity contribution >= 4 is 17.3 Å². The Kier molecular flexibility index (Phi) is 5.81. The minimum Gasteiger partial charge on any atom is -0.374 e.